The molecule has 1 aromatic rings. The Morgan fingerprint density at radius 1 is 1.38 bits per heavy atom. The first-order valence-electron chi connectivity index (χ1n) is 5.99. The highest BCUT2D eigenvalue weighted by molar-refractivity contribution is 7.09. The van der Waals surface area contributed by atoms with Gasteiger partial charge in [-0.25, -0.2) is 0 Å². The van der Waals surface area contributed by atoms with Crippen molar-refractivity contribution in [3.05, 3.63) is 22.4 Å². The van der Waals surface area contributed by atoms with Crippen LogP contribution in [0, 0.1) is 0 Å². The first kappa shape index (κ1) is 13.7. The van der Waals surface area contributed by atoms with E-state index in [0.29, 0.717) is 0 Å². The van der Waals surface area contributed by atoms with Crippen molar-refractivity contribution in [1.82, 2.24) is 5.32 Å². The summed E-state index contributed by atoms with van der Waals surface area (Å²) in [7, 11) is 0. The molecule has 0 fully saturated rings. The largest absolute Gasteiger partial charge is 0.380 e. The number of rotatable bonds is 8. The van der Waals surface area contributed by atoms with Gasteiger partial charge in [0, 0.05) is 23.4 Å². The van der Waals surface area contributed by atoms with Crippen molar-refractivity contribution in [3.63, 3.8) is 0 Å². The van der Waals surface area contributed by atoms with Crippen LogP contribution in [-0.2, 0) is 11.2 Å². The average molecular weight is 241 g/mol. The molecule has 1 N–H and O–H groups in total. The van der Waals surface area contributed by atoms with Crippen molar-refractivity contribution in [2.75, 3.05) is 19.8 Å². The van der Waals surface area contributed by atoms with E-state index < -0.39 is 0 Å². The van der Waals surface area contributed by atoms with Gasteiger partial charge in [0.25, 0.3) is 0 Å². The Kier molecular flexibility index (Phi) is 6.03. The standard InChI is InChI=1S/C13H23NOS/c1-4-13(2,3)14-8-10-15-9-7-12-6-5-11-16-12/h5-6,11,14H,4,7-10H2,1-3H3. The van der Waals surface area contributed by atoms with Crippen LogP contribution in [0.25, 0.3) is 0 Å². The lowest BCUT2D eigenvalue weighted by Crippen LogP contribution is -2.40. The Hall–Kier alpha value is -0.380. The highest BCUT2D eigenvalue weighted by atomic mass is 32.1. The summed E-state index contributed by atoms with van der Waals surface area (Å²) in [4.78, 5) is 1.40. The Morgan fingerprint density at radius 2 is 2.19 bits per heavy atom. The summed E-state index contributed by atoms with van der Waals surface area (Å²) in [6, 6.07) is 4.25. The van der Waals surface area contributed by atoms with Gasteiger partial charge in [-0.2, -0.15) is 0 Å². The van der Waals surface area contributed by atoms with E-state index >= 15 is 0 Å². The summed E-state index contributed by atoms with van der Waals surface area (Å²) in [5.41, 5.74) is 0.233. The molecule has 0 saturated carbocycles. The molecule has 1 heterocycles. The summed E-state index contributed by atoms with van der Waals surface area (Å²) in [5.74, 6) is 0. The molecule has 92 valence electrons. The predicted molar refractivity (Wildman–Crippen MR) is 71.2 cm³/mol. The number of ether oxygens (including phenoxy) is 1. The van der Waals surface area contributed by atoms with Crippen molar-refractivity contribution >= 4 is 11.3 Å². The molecule has 3 heteroatoms. The van der Waals surface area contributed by atoms with E-state index in [9.17, 15) is 0 Å². The SMILES string of the molecule is CCC(C)(C)NCCOCCc1cccs1. The molecule has 0 aliphatic rings. The first-order chi connectivity index (χ1) is 7.64. The van der Waals surface area contributed by atoms with Crippen molar-refractivity contribution in [1.29, 1.82) is 0 Å². The van der Waals surface area contributed by atoms with E-state index in [1.165, 1.54) is 4.88 Å². The fourth-order valence-electron chi connectivity index (χ4n) is 1.32. The van der Waals surface area contributed by atoms with E-state index in [0.717, 1.165) is 32.6 Å². The molecular weight excluding hydrogens is 218 g/mol. The first-order valence-corrected chi connectivity index (χ1v) is 6.87. The molecule has 0 bridgehead atoms. The monoisotopic (exact) mass is 241 g/mol. The Balaban J connectivity index is 1.96. The van der Waals surface area contributed by atoms with Gasteiger partial charge in [0.05, 0.1) is 13.2 Å². The molecule has 0 saturated heterocycles. The highest BCUT2D eigenvalue weighted by Gasteiger charge is 2.12. The van der Waals surface area contributed by atoms with E-state index in [2.05, 4.69) is 43.6 Å². The van der Waals surface area contributed by atoms with Gasteiger partial charge in [0.1, 0.15) is 0 Å². The summed E-state index contributed by atoms with van der Waals surface area (Å²) in [6.45, 7) is 9.21. The van der Waals surface area contributed by atoms with E-state index in [-0.39, 0.29) is 5.54 Å². The summed E-state index contributed by atoms with van der Waals surface area (Å²) >= 11 is 1.80. The van der Waals surface area contributed by atoms with E-state index in [4.69, 9.17) is 4.74 Å². The molecule has 0 atom stereocenters. The summed E-state index contributed by atoms with van der Waals surface area (Å²) < 4.78 is 5.59. The van der Waals surface area contributed by atoms with Crippen molar-refractivity contribution < 1.29 is 4.74 Å². The van der Waals surface area contributed by atoms with Crippen LogP contribution in [0.3, 0.4) is 0 Å². The van der Waals surface area contributed by atoms with Gasteiger partial charge in [0.2, 0.25) is 0 Å². The molecule has 0 aliphatic heterocycles. The third kappa shape index (κ3) is 5.64. The van der Waals surface area contributed by atoms with Gasteiger partial charge in [0.15, 0.2) is 0 Å². The normalized spacial score (nSPS) is 11.9. The second-order valence-corrected chi connectivity index (χ2v) is 5.64. The molecule has 0 aromatic carbocycles. The number of hydrogen-bond donors (Lipinski definition) is 1. The molecule has 16 heavy (non-hydrogen) atoms. The van der Waals surface area contributed by atoms with Crippen LogP contribution in [0.15, 0.2) is 17.5 Å². The zero-order valence-corrected chi connectivity index (χ0v) is 11.4. The van der Waals surface area contributed by atoms with Gasteiger partial charge in [-0.1, -0.05) is 13.0 Å². The van der Waals surface area contributed by atoms with Gasteiger partial charge in [-0.3, -0.25) is 0 Å². The van der Waals surface area contributed by atoms with Crippen LogP contribution < -0.4 is 5.32 Å². The van der Waals surface area contributed by atoms with E-state index in [1.807, 2.05) is 0 Å². The van der Waals surface area contributed by atoms with E-state index in [1.54, 1.807) is 11.3 Å². The van der Waals surface area contributed by atoms with Crippen LogP contribution in [0.5, 0.6) is 0 Å². The molecule has 0 amide bonds. The van der Waals surface area contributed by atoms with Crippen LogP contribution in [0.4, 0.5) is 0 Å². The molecule has 0 spiro atoms. The Bertz CT molecular complexity index is 269. The molecule has 0 radical (unpaired) electrons. The smallest absolute Gasteiger partial charge is 0.0591 e. The maximum absolute atomic E-state index is 5.59. The maximum atomic E-state index is 5.59. The fraction of sp³-hybridized carbons (Fsp3) is 0.692. The summed E-state index contributed by atoms with van der Waals surface area (Å²) in [6.07, 6.45) is 2.18. The van der Waals surface area contributed by atoms with Crippen molar-refractivity contribution in [2.24, 2.45) is 0 Å². The minimum atomic E-state index is 0.233. The number of thiophene rings is 1. The second kappa shape index (κ2) is 7.05. The molecule has 1 rings (SSSR count). The lowest BCUT2D eigenvalue weighted by atomic mass is 10.0. The van der Waals surface area contributed by atoms with Crippen LogP contribution in [0.1, 0.15) is 32.1 Å². The Morgan fingerprint density at radius 3 is 2.81 bits per heavy atom. The maximum Gasteiger partial charge on any atom is 0.0591 e. The topological polar surface area (TPSA) is 21.3 Å². The van der Waals surface area contributed by atoms with Gasteiger partial charge in [-0.15, -0.1) is 11.3 Å². The molecular formula is C13H23NOS. The fourth-order valence-corrected chi connectivity index (χ4v) is 2.01. The minimum Gasteiger partial charge on any atom is -0.380 e. The zero-order valence-electron chi connectivity index (χ0n) is 10.6. The van der Waals surface area contributed by atoms with Crippen LogP contribution >= 0.6 is 11.3 Å². The molecule has 1 aromatic heterocycles. The van der Waals surface area contributed by atoms with Crippen molar-refractivity contribution in [3.8, 4) is 0 Å². The zero-order chi connectivity index (χ0) is 11.9. The summed E-state index contributed by atoms with van der Waals surface area (Å²) in [5, 5.41) is 5.59. The highest BCUT2D eigenvalue weighted by Crippen LogP contribution is 2.09. The number of nitrogens with one attached hydrogen (secondary N) is 1. The second-order valence-electron chi connectivity index (χ2n) is 4.61. The lowest BCUT2D eigenvalue weighted by Gasteiger charge is -2.24. The van der Waals surface area contributed by atoms with Crippen molar-refractivity contribution in [2.45, 2.75) is 39.2 Å². The molecule has 0 aliphatic carbocycles. The van der Waals surface area contributed by atoms with Gasteiger partial charge < -0.3 is 10.1 Å². The van der Waals surface area contributed by atoms with Gasteiger partial charge in [-0.05, 0) is 31.7 Å². The molecule has 0 unspecified atom stereocenters. The quantitative estimate of drug-likeness (QED) is 0.706. The number of hydrogen-bond acceptors (Lipinski definition) is 3. The average Bonchev–Trinajstić information content (AvgIpc) is 2.76. The predicted octanol–water partition coefficient (Wildman–Crippen LogP) is 3.09. The van der Waals surface area contributed by atoms with Crippen LogP contribution in [-0.4, -0.2) is 25.3 Å². The third-order valence-electron chi connectivity index (χ3n) is 2.81. The lowest BCUT2D eigenvalue weighted by molar-refractivity contribution is 0.133. The van der Waals surface area contributed by atoms with Crippen LogP contribution in [0.2, 0.25) is 0 Å². The van der Waals surface area contributed by atoms with Gasteiger partial charge >= 0.3 is 0 Å². The third-order valence-corrected chi connectivity index (χ3v) is 3.74. The Labute approximate surface area is 103 Å². The minimum absolute atomic E-state index is 0.233. The molecule has 2 nitrogen and oxygen atoms in total.